The Morgan fingerprint density at radius 1 is 1.30 bits per heavy atom. The largest absolute Gasteiger partial charge is 0.364 e. The van der Waals surface area contributed by atoms with Crippen LogP contribution < -0.4 is 5.32 Å². The van der Waals surface area contributed by atoms with Crippen molar-refractivity contribution >= 4 is 62.4 Å². The Morgan fingerprint density at radius 3 is 2.74 bits per heavy atom. The van der Waals surface area contributed by atoms with Gasteiger partial charge in [0.2, 0.25) is 11.0 Å². The maximum atomic E-state index is 11.9. The van der Waals surface area contributed by atoms with Gasteiger partial charge in [0.1, 0.15) is 4.32 Å². The number of hydrogen-bond donors (Lipinski definition) is 1. The van der Waals surface area contributed by atoms with Gasteiger partial charge in [0.25, 0.3) is 0 Å². The van der Waals surface area contributed by atoms with Gasteiger partial charge in [-0.05, 0) is 5.56 Å². The predicted molar refractivity (Wildman–Crippen MR) is 103 cm³/mol. The molecule has 0 aliphatic rings. The summed E-state index contributed by atoms with van der Waals surface area (Å²) in [5.74, 6) is 0.967. The van der Waals surface area contributed by atoms with E-state index in [1.807, 2.05) is 32.3 Å². The topological polar surface area (TPSA) is 58.1 Å². The molecule has 0 saturated heterocycles. The molecule has 0 fully saturated rings. The highest BCUT2D eigenvalue weighted by molar-refractivity contribution is 8.23. The van der Waals surface area contributed by atoms with Gasteiger partial charge in [-0.3, -0.25) is 10.1 Å². The first kappa shape index (κ1) is 18.2. The molecule has 1 aromatic carbocycles. The summed E-state index contributed by atoms with van der Waals surface area (Å²) in [5.41, 5.74) is 1.23. The van der Waals surface area contributed by atoms with E-state index in [2.05, 4.69) is 27.6 Å². The average Bonchev–Trinajstić information content (AvgIpc) is 2.99. The fourth-order valence-corrected chi connectivity index (χ4v) is 3.94. The maximum Gasteiger partial charge on any atom is 0.236 e. The number of thioether (sulfide) groups is 2. The van der Waals surface area contributed by atoms with Gasteiger partial charge in [0, 0.05) is 19.8 Å². The molecule has 0 aliphatic heterocycles. The lowest BCUT2D eigenvalue weighted by atomic mass is 10.2. The number of anilines is 1. The number of nitrogens with one attached hydrogen (secondary N) is 1. The van der Waals surface area contributed by atoms with Gasteiger partial charge < -0.3 is 4.90 Å². The summed E-state index contributed by atoms with van der Waals surface area (Å²) in [7, 11) is 3.71. The molecule has 9 heteroatoms. The highest BCUT2D eigenvalue weighted by atomic mass is 32.2. The Hall–Kier alpha value is -1.16. The molecule has 0 atom stereocenters. The summed E-state index contributed by atoms with van der Waals surface area (Å²) < 4.78 is 1.51. The fourth-order valence-electron chi connectivity index (χ4n) is 1.45. The van der Waals surface area contributed by atoms with Gasteiger partial charge in [-0.15, -0.1) is 10.2 Å². The molecule has 0 bridgehead atoms. The molecule has 2 aromatic rings. The number of thiocarbonyl (C=S) groups is 1. The van der Waals surface area contributed by atoms with Crippen LogP contribution in [-0.2, 0) is 10.5 Å². The monoisotopic (exact) mass is 384 g/mol. The van der Waals surface area contributed by atoms with Gasteiger partial charge in [-0.2, -0.15) is 0 Å². The Bertz CT molecular complexity index is 660. The Balaban J connectivity index is 1.78. The molecule has 122 valence electrons. The summed E-state index contributed by atoms with van der Waals surface area (Å²) in [5, 5.41) is 11.3. The molecule has 0 radical (unpaired) electrons. The molecule has 1 aromatic heterocycles. The fraction of sp³-hybridized carbons (Fsp3) is 0.286. The van der Waals surface area contributed by atoms with Crippen molar-refractivity contribution < 1.29 is 4.79 Å². The second-order valence-electron chi connectivity index (χ2n) is 4.64. The van der Waals surface area contributed by atoms with Gasteiger partial charge in [-0.25, -0.2) is 0 Å². The molecule has 23 heavy (non-hydrogen) atoms. The molecule has 2 rings (SSSR count). The van der Waals surface area contributed by atoms with E-state index in [1.165, 1.54) is 28.7 Å². The summed E-state index contributed by atoms with van der Waals surface area (Å²) in [6.07, 6.45) is 0. The summed E-state index contributed by atoms with van der Waals surface area (Å²) in [6.45, 7) is 0. The van der Waals surface area contributed by atoms with Crippen LogP contribution in [0.4, 0.5) is 5.13 Å². The number of carbonyl (C=O) groups is 1. The highest BCUT2D eigenvalue weighted by Gasteiger charge is 2.10. The quantitative estimate of drug-likeness (QED) is 0.465. The van der Waals surface area contributed by atoms with Crippen molar-refractivity contribution in [3.63, 3.8) is 0 Å². The van der Waals surface area contributed by atoms with Crippen LogP contribution in [-0.4, -0.2) is 45.2 Å². The van der Waals surface area contributed by atoms with Crippen LogP contribution in [0.25, 0.3) is 0 Å². The molecule has 1 amide bonds. The van der Waals surface area contributed by atoms with Crippen molar-refractivity contribution in [3.05, 3.63) is 35.9 Å². The van der Waals surface area contributed by atoms with Crippen molar-refractivity contribution in [1.82, 2.24) is 15.1 Å². The van der Waals surface area contributed by atoms with Gasteiger partial charge >= 0.3 is 0 Å². The number of benzene rings is 1. The molecule has 0 spiro atoms. The highest BCUT2D eigenvalue weighted by Crippen LogP contribution is 2.28. The van der Waals surface area contributed by atoms with Crippen LogP contribution >= 0.6 is 47.1 Å². The van der Waals surface area contributed by atoms with Crippen LogP contribution in [0, 0.1) is 0 Å². The Labute approximate surface area is 153 Å². The summed E-state index contributed by atoms with van der Waals surface area (Å²) in [4.78, 5) is 13.7. The smallest absolute Gasteiger partial charge is 0.236 e. The van der Waals surface area contributed by atoms with Gasteiger partial charge in [0.05, 0.1) is 5.75 Å². The van der Waals surface area contributed by atoms with Crippen LogP contribution in [0.15, 0.2) is 34.7 Å². The van der Waals surface area contributed by atoms with E-state index in [9.17, 15) is 4.79 Å². The van der Waals surface area contributed by atoms with Crippen molar-refractivity contribution in [3.8, 4) is 0 Å². The van der Waals surface area contributed by atoms with Crippen molar-refractivity contribution in [1.29, 1.82) is 0 Å². The number of hydrogen-bond acceptors (Lipinski definition) is 7. The molecule has 0 aliphatic carbocycles. The van der Waals surface area contributed by atoms with E-state index in [1.54, 1.807) is 16.7 Å². The van der Waals surface area contributed by atoms with E-state index in [-0.39, 0.29) is 11.7 Å². The zero-order valence-corrected chi connectivity index (χ0v) is 15.9. The molecule has 1 N–H and O–H groups in total. The number of amides is 1. The normalized spacial score (nSPS) is 10.3. The number of nitrogens with zero attached hydrogens (tertiary/aromatic N) is 3. The first-order valence-electron chi connectivity index (χ1n) is 6.69. The molecule has 1 heterocycles. The minimum atomic E-state index is -0.130. The predicted octanol–water partition coefficient (Wildman–Crippen LogP) is 3.35. The minimum absolute atomic E-state index is 0.130. The van der Waals surface area contributed by atoms with Crippen LogP contribution in [0.3, 0.4) is 0 Å². The number of carbonyl (C=O) groups excluding carboxylic acids is 1. The molecule has 0 saturated carbocycles. The van der Waals surface area contributed by atoms with E-state index >= 15 is 0 Å². The maximum absolute atomic E-state index is 11.9. The second kappa shape index (κ2) is 9.21. The van der Waals surface area contributed by atoms with E-state index < -0.39 is 0 Å². The third-order valence-corrected chi connectivity index (χ3v) is 6.33. The molecule has 0 unspecified atom stereocenters. The lowest BCUT2D eigenvalue weighted by Crippen LogP contribution is -2.20. The summed E-state index contributed by atoms with van der Waals surface area (Å²) in [6, 6.07) is 10.2. The first-order valence-corrected chi connectivity index (χ1v) is 9.88. The third kappa shape index (κ3) is 6.46. The average molecular weight is 385 g/mol. The van der Waals surface area contributed by atoms with Crippen molar-refractivity contribution in [2.24, 2.45) is 0 Å². The lowest BCUT2D eigenvalue weighted by molar-refractivity contribution is -0.113. The first-order chi connectivity index (χ1) is 11.0. The number of rotatable bonds is 6. The van der Waals surface area contributed by atoms with Crippen LogP contribution in [0.5, 0.6) is 0 Å². The lowest BCUT2D eigenvalue weighted by Gasteiger charge is -2.11. The molecule has 5 nitrogen and oxygen atoms in total. The Morgan fingerprint density at radius 2 is 2.04 bits per heavy atom. The second-order valence-corrected chi connectivity index (χ2v) is 8.45. The third-order valence-electron chi connectivity index (χ3n) is 2.55. The molecular formula is C14H16N4OS4. The number of aromatic nitrogens is 2. The van der Waals surface area contributed by atoms with Crippen LogP contribution in [0.2, 0.25) is 0 Å². The molecular weight excluding hydrogens is 368 g/mol. The van der Waals surface area contributed by atoms with E-state index in [0.29, 0.717) is 9.45 Å². The zero-order valence-electron chi connectivity index (χ0n) is 12.7. The van der Waals surface area contributed by atoms with Crippen LogP contribution in [0.1, 0.15) is 5.56 Å². The van der Waals surface area contributed by atoms with E-state index in [0.717, 1.165) is 10.1 Å². The van der Waals surface area contributed by atoms with Crippen molar-refractivity contribution in [2.75, 3.05) is 25.2 Å². The van der Waals surface area contributed by atoms with Gasteiger partial charge in [0.15, 0.2) is 4.34 Å². The SMILES string of the molecule is CN(C)C(=S)SCC(=O)Nc1nnc(SCc2ccccc2)s1. The van der Waals surface area contributed by atoms with E-state index in [4.69, 9.17) is 12.2 Å². The summed E-state index contributed by atoms with van der Waals surface area (Å²) >= 11 is 9.43. The minimum Gasteiger partial charge on any atom is -0.364 e. The standard InChI is InChI=1S/C14H16N4OS4/c1-18(2)14(20)22-9-11(19)15-12-16-17-13(23-12)21-8-10-6-4-3-5-7-10/h3-7H,8-9H2,1-2H3,(H,15,16,19). The van der Waals surface area contributed by atoms with Crippen molar-refractivity contribution in [2.45, 2.75) is 10.1 Å². The van der Waals surface area contributed by atoms with Gasteiger partial charge in [-0.1, -0.05) is 77.4 Å². The zero-order chi connectivity index (χ0) is 16.7. The Kier molecular flexibility index (Phi) is 7.28.